The van der Waals surface area contributed by atoms with Crippen LogP contribution in [0.4, 0.5) is 10.1 Å². The first-order valence-electron chi connectivity index (χ1n) is 8.73. The molecule has 0 aromatic heterocycles. The van der Waals surface area contributed by atoms with Crippen molar-refractivity contribution in [2.75, 3.05) is 0 Å². The number of benzene rings is 3. The van der Waals surface area contributed by atoms with Crippen LogP contribution in [0.25, 0.3) is 11.1 Å². The van der Waals surface area contributed by atoms with E-state index in [2.05, 4.69) is 29.8 Å². The molecule has 0 amide bonds. The van der Waals surface area contributed by atoms with Gasteiger partial charge >= 0.3 is 0 Å². The van der Waals surface area contributed by atoms with E-state index < -0.39 is 0 Å². The molecule has 0 atom stereocenters. The van der Waals surface area contributed by atoms with E-state index in [1.165, 1.54) is 11.6 Å². The van der Waals surface area contributed by atoms with Crippen LogP contribution in [-0.2, 0) is 6.42 Å². The summed E-state index contributed by atoms with van der Waals surface area (Å²) in [7, 11) is 0. The van der Waals surface area contributed by atoms with E-state index in [1.807, 2.05) is 18.2 Å². The van der Waals surface area contributed by atoms with Crippen molar-refractivity contribution in [3.8, 4) is 17.2 Å². The normalized spacial score (nSPS) is 10.7. The van der Waals surface area contributed by atoms with Crippen LogP contribution in [0.5, 0.6) is 0 Å². The molecule has 27 heavy (non-hydrogen) atoms. The Balaban J connectivity index is 1.74. The average molecular weight is 354 g/mol. The molecule has 3 heteroatoms. The molecule has 0 spiro atoms. The summed E-state index contributed by atoms with van der Waals surface area (Å²) in [6.07, 6.45) is 5.57. The predicted molar refractivity (Wildman–Crippen MR) is 109 cm³/mol. The zero-order valence-electron chi connectivity index (χ0n) is 14.9. The van der Waals surface area contributed by atoms with Crippen molar-refractivity contribution in [3.05, 3.63) is 102 Å². The van der Waals surface area contributed by atoms with Crippen molar-refractivity contribution in [1.82, 2.24) is 0 Å². The van der Waals surface area contributed by atoms with Crippen LogP contribution >= 0.6 is 0 Å². The molecule has 0 aliphatic carbocycles. The lowest BCUT2D eigenvalue weighted by Gasteiger charge is -2.05. The number of nitriles is 1. The van der Waals surface area contributed by atoms with Crippen molar-refractivity contribution in [2.45, 2.75) is 12.8 Å². The predicted octanol–water partition coefficient (Wildman–Crippen LogP) is 6.23. The first-order chi connectivity index (χ1) is 13.2. The van der Waals surface area contributed by atoms with Crippen LogP contribution in [0.1, 0.15) is 23.1 Å². The van der Waals surface area contributed by atoms with Gasteiger partial charge in [-0.2, -0.15) is 5.26 Å². The summed E-state index contributed by atoms with van der Waals surface area (Å²) in [6, 6.07) is 22.0. The Hall–Kier alpha value is -3.51. The molecule has 132 valence electrons. The summed E-state index contributed by atoms with van der Waals surface area (Å²) in [6.45, 7) is 3.73. The number of hydrogen-bond donors (Lipinski definition) is 0. The van der Waals surface area contributed by atoms with Crippen LogP contribution in [0.15, 0.2) is 84.4 Å². The van der Waals surface area contributed by atoms with Gasteiger partial charge in [0.15, 0.2) is 0 Å². The van der Waals surface area contributed by atoms with Gasteiger partial charge in [0.25, 0.3) is 0 Å². The van der Waals surface area contributed by atoms with Crippen molar-refractivity contribution in [2.24, 2.45) is 4.99 Å². The van der Waals surface area contributed by atoms with E-state index in [9.17, 15) is 4.39 Å². The zero-order chi connectivity index (χ0) is 19.1. The number of rotatable bonds is 6. The number of aliphatic imine (C=N–C) groups is 1. The smallest absolute Gasteiger partial charge is 0.133 e. The minimum atomic E-state index is -0.339. The summed E-state index contributed by atoms with van der Waals surface area (Å²) in [5.74, 6) is -0.339. The highest BCUT2D eigenvalue weighted by Gasteiger charge is 2.06. The standard InChI is InChI=1S/C24H19FN2/c1-2-3-4-18-5-7-20(8-6-18)17-27-22-13-14-23(24(25)15-22)21-11-9-19(16-26)10-12-21/h2,5-15,17H,1,3-4H2. The largest absolute Gasteiger partial charge is 0.256 e. The summed E-state index contributed by atoms with van der Waals surface area (Å²) in [5.41, 5.74) is 4.55. The third-order valence-corrected chi connectivity index (χ3v) is 4.26. The Morgan fingerprint density at radius 3 is 2.37 bits per heavy atom. The van der Waals surface area contributed by atoms with Crippen LogP contribution in [0, 0.1) is 17.1 Å². The van der Waals surface area contributed by atoms with Gasteiger partial charge in [-0.05, 0) is 53.8 Å². The molecular weight excluding hydrogens is 335 g/mol. The summed E-state index contributed by atoms with van der Waals surface area (Å²) < 4.78 is 14.5. The Kier molecular flexibility index (Phi) is 5.91. The molecule has 0 saturated carbocycles. The third-order valence-electron chi connectivity index (χ3n) is 4.26. The SMILES string of the molecule is C=CCCc1ccc(C=Nc2ccc(-c3ccc(C#N)cc3)c(F)c2)cc1. The summed E-state index contributed by atoms with van der Waals surface area (Å²) >= 11 is 0. The van der Waals surface area contributed by atoms with Gasteiger partial charge in [-0.3, -0.25) is 4.99 Å². The molecule has 0 fully saturated rings. The second kappa shape index (κ2) is 8.73. The van der Waals surface area contributed by atoms with Crippen molar-refractivity contribution in [3.63, 3.8) is 0 Å². The maximum absolute atomic E-state index is 14.5. The highest BCUT2D eigenvalue weighted by Crippen LogP contribution is 2.26. The molecule has 0 aliphatic rings. The molecule has 0 bridgehead atoms. The van der Waals surface area contributed by atoms with E-state index in [-0.39, 0.29) is 5.82 Å². The molecule has 0 unspecified atom stereocenters. The monoisotopic (exact) mass is 354 g/mol. The molecule has 0 heterocycles. The fourth-order valence-electron chi connectivity index (χ4n) is 2.73. The topological polar surface area (TPSA) is 36.1 Å². The number of hydrogen-bond acceptors (Lipinski definition) is 2. The van der Waals surface area contributed by atoms with E-state index >= 15 is 0 Å². The second-order valence-electron chi connectivity index (χ2n) is 6.18. The molecule has 2 nitrogen and oxygen atoms in total. The van der Waals surface area contributed by atoms with Gasteiger partial charge in [-0.15, -0.1) is 6.58 Å². The maximum atomic E-state index is 14.5. The molecular formula is C24H19FN2. The minimum absolute atomic E-state index is 0.339. The number of halogens is 1. The lowest BCUT2D eigenvalue weighted by atomic mass is 10.0. The third kappa shape index (κ3) is 4.77. The van der Waals surface area contributed by atoms with E-state index in [1.54, 1.807) is 42.6 Å². The first-order valence-corrected chi connectivity index (χ1v) is 8.73. The zero-order valence-corrected chi connectivity index (χ0v) is 14.9. The van der Waals surface area contributed by atoms with Crippen LogP contribution in [0.2, 0.25) is 0 Å². The summed E-state index contributed by atoms with van der Waals surface area (Å²) in [5, 5.41) is 8.85. The van der Waals surface area contributed by atoms with Crippen molar-refractivity contribution >= 4 is 11.9 Å². The van der Waals surface area contributed by atoms with Gasteiger partial charge in [0.2, 0.25) is 0 Å². The minimum Gasteiger partial charge on any atom is -0.256 e. The fourth-order valence-corrected chi connectivity index (χ4v) is 2.73. The van der Waals surface area contributed by atoms with Crippen LogP contribution < -0.4 is 0 Å². The lowest BCUT2D eigenvalue weighted by Crippen LogP contribution is -1.87. The second-order valence-corrected chi connectivity index (χ2v) is 6.18. The van der Waals surface area contributed by atoms with Crippen LogP contribution in [0.3, 0.4) is 0 Å². The van der Waals surface area contributed by atoms with Crippen molar-refractivity contribution in [1.29, 1.82) is 5.26 Å². The molecule has 0 aliphatic heterocycles. The molecule has 0 radical (unpaired) electrons. The van der Waals surface area contributed by atoms with Gasteiger partial charge in [0.05, 0.1) is 17.3 Å². The number of aryl methyl sites for hydroxylation is 1. The Bertz CT molecular complexity index is 994. The van der Waals surface area contributed by atoms with Gasteiger partial charge in [-0.25, -0.2) is 4.39 Å². The van der Waals surface area contributed by atoms with E-state index in [4.69, 9.17) is 5.26 Å². The van der Waals surface area contributed by atoms with Crippen LogP contribution in [-0.4, -0.2) is 6.21 Å². The molecule has 0 N–H and O–H groups in total. The quantitative estimate of drug-likeness (QED) is 0.381. The number of nitrogens with zero attached hydrogens (tertiary/aromatic N) is 2. The van der Waals surface area contributed by atoms with Gasteiger partial charge in [0.1, 0.15) is 5.82 Å². The Morgan fingerprint density at radius 2 is 1.74 bits per heavy atom. The number of allylic oxidation sites excluding steroid dienone is 1. The Labute approximate surface area is 158 Å². The van der Waals surface area contributed by atoms with E-state index in [0.717, 1.165) is 24.0 Å². The van der Waals surface area contributed by atoms with Gasteiger partial charge in [-0.1, -0.05) is 42.5 Å². The Morgan fingerprint density at radius 1 is 1.00 bits per heavy atom. The lowest BCUT2D eigenvalue weighted by molar-refractivity contribution is 0.631. The molecule has 3 aromatic carbocycles. The molecule has 0 saturated heterocycles. The van der Waals surface area contributed by atoms with Crippen molar-refractivity contribution < 1.29 is 4.39 Å². The van der Waals surface area contributed by atoms with Gasteiger partial charge < -0.3 is 0 Å². The maximum Gasteiger partial charge on any atom is 0.133 e. The summed E-state index contributed by atoms with van der Waals surface area (Å²) in [4.78, 5) is 4.37. The highest BCUT2D eigenvalue weighted by atomic mass is 19.1. The van der Waals surface area contributed by atoms with E-state index in [0.29, 0.717) is 16.8 Å². The average Bonchev–Trinajstić information content (AvgIpc) is 2.72. The first kappa shape index (κ1) is 18.3. The highest BCUT2D eigenvalue weighted by molar-refractivity contribution is 5.82. The molecule has 3 aromatic rings. The molecule has 3 rings (SSSR count). The van der Waals surface area contributed by atoms with Gasteiger partial charge in [0, 0.05) is 17.8 Å². The fraction of sp³-hybridized carbons (Fsp3) is 0.0833.